The van der Waals surface area contributed by atoms with Crippen molar-refractivity contribution in [2.75, 3.05) is 31.2 Å². The molecule has 1 aromatic heterocycles. The average molecular weight is 274 g/mol. The molecule has 1 saturated heterocycles. The summed E-state index contributed by atoms with van der Waals surface area (Å²) in [5.41, 5.74) is 5.44. The number of hydrogen-bond donors (Lipinski definition) is 2. The van der Waals surface area contributed by atoms with Crippen molar-refractivity contribution in [1.29, 1.82) is 0 Å². The number of ether oxygens (including phenoxy) is 1. The van der Waals surface area contributed by atoms with E-state index in [-0.39, 0.29) is 5.91 Å². The number of nitrogen functional groups attached to an aromatic ring is 1. The van der Waals surface area contributed by atoms with Crippen molar-refractivity contribution in [3.63, 3.8) is 0 Å². The first kappa shape index (κ1) is 12.6. The summed E-state index contributed by atoms with van der Waals surface area (Å²) < 4.78 is 5.96. The Morgan fingerprint density at radius 3 is 3.18 bits per heavy atom. The van der Waals surface area contributed by atoms with Crippen molar-refractivity contribution < 1.29 is 9.53 Å². The lowest BCUT2D eigenvalue weighted by atomic mass is 10.1. The third kappa shape index (κ3) is 4.14. The predicted molar refractivity (Wildman–Crippen MR) is 67.0 cm³/mol. The summed E-state index contributed by atoms with van der Waals surface area (Å²) in [7, 11) is 0. The van der Waals surface area contributed by atoms with Gasteiger partial charge >= 0.3 is 0 Å². The van der Waals surface area contributed by atoms with Gasteiger partial charge in [-0.05, 0) is 6.42 Å². The lowest BCUT2D eigenvalue weighted by Gasteiger charge is -2.08. The van der Waals surface area contributed by atoms with Crippen LogP contribution in [-0.2, 0) is 9.53 Å². The van der Waals surface area contributed by atoms with Crippen molar-refractivity contribution in [2.24, 2.45) is 5.92 Å². The Morgan fingerprint density at radius 1 is 1.65 bits per heavy atom. The van der Waals surface area contributed by atoms with Crippen LogP contribution in [0, 0.1) is 5.92 Å². The molecule has 0 aliphatic carbocycles. The molecule has 94 valence electrons. The molecule has 0 aromatic carbocycles. The number of amides is 1. The zero-order chi connectivity index (χ0) is 12.1. The van der Waals surface area contributed by atoms with E-state index in [0.29, 0.717) is 23.3 Å². The van der Waals surface area contributed by atoms with Crippen LogP contribution < -0.4 is 11.1 Å². The standard InChI is InChI=1S/C9H14N4O2S2/c10-8-12-13-9(17-8)16-5-7(14)11-3-6-1-2-15-4-6/h6H,1-5H2,(H2,10,12)(H,11,14). The number of hydrogen-bond acceptors (Lipinski definition) is 7. The van der Waals surface area contributed by atoms with E-state index < -0.39 is 0 Å². The summed E-state index contributed by atoms with van der Waals surface area (Å²) in [6, 6.07) is 0. The Labute approximate surface area is 107 Å². The largest absolute Gasteiger partial charge is 0.381 e. The van der Waals surface area contributed by atoms with Crippen LogP contribution in [0.4, 0.5) is 5.13 Å². The summed E-state index contributed by atoms with van der Waals surface area (Å²) in [5, 5.41) is 10.8. The second-order valence-corrected chi connectivity index (χ2v) is 5.96. The third-order valence-corrected chi connectivity index (χ3v) is 4.25. The number of nitrogens with one attached hydrogen (secondary N) is 1. The van der Waals surface area contributed by atoms with E-state index in [1.54, 1.807) is 0 Å². The summed E-state index contributed by atoms with van der Waals surface area (Å²) in [5.74, 6) is 0.819. The molecule has 0 saturated carbocycles. The van der Waals surface area contributed by atoms with Gasteiger partial charge in [-0.25, -0.2) is 0 Å². The topological polar surface area (TPSA) is 90.1 Å². The first-order chi connectivity index (χ1) is 8.24. The lowest BCUT2D eigenvalue weighted by molar-refractivity contribution is -0.118. The van der Waals surface area contributed by atoms with E-state index in [4.69, 9.17) is 10.5 Å². The third-order valence-electron chi connectivity index (χ3n) is 2.36. The van der Waals surface area contributed by atoms with Crippen LogP contribution in [0.15, 0.2) is 4.34 Å². The van der Waals surface area contributed by atoms with Crippen molar-refractivity contribution in [2.45, 2.75) is 10.8 Å². The minimum Gasteiger partial charge on any atom is -0.381 e. The number of anilines is 1. The molecule has 2 heterocycles. The van der Waals surface area contributed by atoms with Crippen LogP contribution in [0.3, 0.4) is 0 Å². The monoisotopic (exact) mass is 274 g/mol. The fourth-order valence-electron chi connectivity index (χ4n) is 1.46. The number of aromatic nitrogens is 2. The van der Waals surface area contributed by atoms with Gasteiger partial charge in [-0.2, -0.15) is 0 Å². The van der Waals surface area contributed by atoms with E-state index in [0.717, 1.165) is 24.0 Å². The number of thioether (sulfide) groups is 1. The molecule has 0 spiro atoms. The maximum Gasteiger partial charge on any atom is 0.230 e. The summed E-state index contributed by atoms with van der Waals surface area (Å²) >= 11 is 2.65. The van der Waals surface area contributed by atoms with E-state index in [1.807, 2.05) is 0 Å². The molecule has 1 aromatic rings. The van der Waals surface area contributed by atoms with Crippen LogP contribution in [0.25, 0.3) is 0 Å². The number of nitrogens with zero attached hydrogens (tertiary/aromatic N) is 2. The van der Waals surface area contributed by atoms with Gasteiger partial charge in [0.05, 0.1) is 12.4 Å². The van der Waals surface area contributed by atoms with E-state index in [9.17, 15) is 4.79 Å². The molecule has 1 fully saturated rings. The van der Waals surface area contributed by atoms with Crippen molar-refractivity contribution >= 4 is 34.1 Å². The molecule has 2 rings (SSSR count). The van der Waals surface area contributed by atoms with Gasteiger partial charge in [-0.15, -0.1) is 10.2 Å². The quantitative estimate of drug-likeness (QED) is 0.754. The fraction of sp³-hybridized carbons (Fsp3) is 0.667. The van der Waals surface area contributed by atoms with Gasteiger partial charge in [0.2, 0.25) is 11.0 Å². The molecule has 1 unspecified atom stereocenters. The lowest BCUT2D eigenvalue weighted by Crippen LogP contribution is -2.30. The number of rotatable bonds is 5. The first-order valence-corrected chi connectivity index (χ1v) is 7.10. The first-order valence-electron chi connectivity index (χ1n) is 5.30. The molecule has 1 aliphatic heterocycles. The maximum absolute atomic E-state index is 11.5. The molecule has 1 atom stereocenters. The van der Waals surface area contributed by atoms with Crippen molar-refractivity contribution in [1.82, 2.24) is 15.5 Å². The number of carbonyl (C=O) groups excluding carboxylic acids is 1. The SMILES string of the molecule is Nc1nnc(SCC(=O)NCC2CCOC2)s1. The molecule has 3 N–H and O–H groups in total. The van der Waals surface area contributed by atoms with Crippen LogP contribution >= 0.6 is 23.1 Å². The van der Waals surface area contributed by atoms with Crippen molar-refractivity contribution in [3.8, 4) is 0 Å². The number of nitrogens with two attached hydrogens (primary N) is 1. The van der Waals surface area contributed by atoms with E-state index >= 15 is 0 Å². The van der Waals surface area contributed by atoms with Crippen LogP contribution in [0.2, 0.25) is 0 Å². The molecule has 1 amide bonds. The second kappa shape index (κ2) is 6.18. The molecule has 1 aliphatic rings. The highest BCUT2D eigenvalue weighted by atomic mass is 32.2. The van der Waals surface area contributed by atoms with Gasteiger partial charge in [0, 0.05) is 19.1 Å². The van der Waals surface area contributed by atoms with E-state index in [1.165, 1.54) is 23.1 Å². The van der Waals surface area contributed by atoms with Gasteiger partial charge in [-0.3, -0.25) is 4.79 Å². The molecule has 0 bridgehead atoms. The Balaban J connectivity index is 1.63. The zero-order valence-electron chi connectivity index (χ0n) is 9.22. The Kier molecular flexibility index (Phi) is 4.57. The van der Waals surface area contributed by atoms with Gasteiger partial charge in [0.25, 0.3) is 0 Å². The highest BCUT2D eigenvalue weighted by Crippen LogP contribution is 2.23. The van der Waals surface area contributed by atoms with Gasteiger partial charge < -0.3 is 15.8 Å². The zero-order valence-corrected chi connectivity index (χ0v) is 10.9. The Morgan fingerprint density at radius 2 is 2.53 bits per heavy atom. The highest BCUT2D eigenvalue weighted by Gasteiger charge is 2.16. The van der Waals surface area contributed by atoms with E-state index in [2.05, 4.69) is 15.5 Å². The molecular weight excluding hydrogens is 260 g/mol. The Bertz CT molecular complexity index is 379. The average Bonchev–Trinajstić information content (AvgIpc) is 2.95. The van der Waals surface area contributed by atoms with Gasteiger partial charge in [0.1, 0.15) is 0 Å². The normalized spacial score (nSPS) is 19.4. The molecule has 6 nitrogen and oxygen atoms in total. The minimum absolute atomic E-state index is 0.00988. The predicted octanol–water partition coefficient (Wildman–Crippen LogP) is 0.365. The maximum atomic E-state index is 11.5. The van der Waals surface area contributed by atoms with Crippen LogP contribution in [0.1, 0.15) is 6.42 Å². The minimum atomic E-state index is 0.00988. The van der Waals surface area contributed by atoms with Gasteiger partial charge in [0.15, 0.2) is 4.34 Å². The second-order valence-electron chi connectivity index (χ2n) is 3.73. The molecule has 17 heavy (non-hydrogen) atoms. The smallest absolute Gasteiger partial charge is 0.230 e. The Hall–Kier alpha value is -0.860. The fourth-order valence-corrected chi connectivity index (χ4v) is 2.93. The van der Waals surface area contributed by atoms with Crippen molar-refractivity contribution in [3.05, 3.63) is 0 Å². The summed E-state index contributed by atoms with van der Waals surface area (Å²) in [6.07, 6.45) is 1.03. The summed E-state index contributed by atoms with van der Waals surface area (Å²) in [6.45, 7) is 2.25. The van der Waals surface area contributed by atoms with Crippen LogP contribution in [-0.4, -0.2) is 41.6 Å². The molecular formula is C9H14N4O2S2. The number of carbonyl (C=O) groups is 1. The molecule has 0 radical (unpaired) electrons. The van der Waals surface area contributed by atoms with Gasteiger partial charge in [-0.1, -0.05) is 23.1 Å². The highest BCUT2D eigenvalue weighted by molar-refractivity contribution is 8.01. The molecule has 8 heteroatoms. The van der Waals surface area contributed by atoms with Crippen LogP contribution in [0.5, 0.6) is 0 Å². The summed E-state index contributed by atoms with van der Waals surface area (Å²) in [4.78, 5) is 11.5.